The van der Waals surface area contributed by atoms with Crippen molar-refractivity contribution in [3.63, 3.8) is 0 Å². The van der Waals surface area contributed by atoms with Crippen LogP contribution in [-0.2, 0) is 9.53 Å². The maximum atomic E-state index is 13.8. The van der Waals surface area contributed by atoms with Gasteiger partial charge >= 0.3 is 5.97 Å². The van der Waals surface area contributed by atoms with Crippen LogP contribution in [0, 0.1) is 0 Å². The van der Waals surface area contributed by atoms with Gasteiger partial charge in [-0.05, 0) is 49.8 Å². The van der Waals surface area contributed by atoms with Gasteiger partial charge in [0.1, 0.15) is 11.5 Å². The second-order valence-corrected chi connectivity index (χ2v) is 9.00. The molecular formula is C26H24N2O7S. The molecule has 2 aromatic carbocycles. The molecule has 2 aliphatic heterocycles. The van der Waals surface area contributed by atoms with Gasteiger partial charge in [-0.1, -0.05) is 23.5 Å². The van der Waals surface area contributed by atoms with Gasteiger partial charge in [0.15, 0.2) is 16.3 Å². The molecule has 2 aliphatic rings. The predicted molar refractivity (Wildman–Crippen MR) is 133 cm³/mol. The van der Waals surface area contributed by atoms with Crippen LogP contribution in [0.15, 0.2) is 57.5 Å². The third kappa shape index (κ3) is 3.93. The van der Waals surface area contributed by atoms with Gasteiger partial charge in [0.25, 0.3) is 5.56 Å². The van der Waals surface area contributed by atoms with Crippen LogP contribution in [0.25, 0.3) is 6.08 Å². The lowest BCUT2D eigenvalue weighted by molar-refractivity contribution is -0.139. The maximum Gasteiger partial charge on any atom is 0.338 e. The van der Waals surface area contributed by atoms with Gasteiger partial charge in [-0.2, -0.15) is 0 Å². The number of methoxy groups -OCH3 is 2. The molecule has 0 fully saturated rings. The Hall–Kier alpha value is -4.05. The molecule has 1 unspecified atom stereocenters. The number of ether oxygens (including phenoxy) is 5. The van der Waals surface area contributed by atoms with Crippen molar-refractivity contribution in [3.8, 4) is 23.0 Å². The molecule has 0 spiro atoms. The number of carbonyl (C=O) groups is 1. The monoisotopic (exact) mass is 508 g/mol. The fraction of sp³-hybridized carbons (Fsp3) is 0.269. The largest absolute Gasteiger partial charge is 0.496 e. The molecular weight excluding hydrogens is 484 g/mol. The van der Waals surface area contributed by atoms with E-state index in [1.807, 2.05) is 12.1 Å². The third-order valence-corrected chi connectivity index (χ3v) is 6.95. The average Bonchev–Trinajstić information content (AvgIpc) is 3.47. The second-order valence-electron chi connectivity index (χ2n) is 7.99. The molecule has 0 saturated heterocycles. The first-order valence-corrected chi connectivity index (χ1v) is 12.1. The summed E-state index contributed by atoms with van der Waals surface area (Å²) in [5.74, 6) is 1.76. The van der Waals surface area contributed by atoms with Crippen LogP contribution in [0.2, 0.25) is 0 Å². The average molecular weight is 509 g/mol. The molecule has 0 saturated carbocycles. The summed E-state index contributed by atoms with van der Waals surface area (Å²) in [6.45, 7) is 3.79. The van der Waals surface area contributed by atoms with E-state index in [0.717, 1.165) is 0 Å². The highest BCUT2D eigenvalue weighted by Gasteiger charge is 2.34. The van der Waals surface area contributed by atoms with E-state index in [0.29, 0.717) is 54.7 Å². The Morgan fingerprint density at radius 1 is 1.17 bits per heavy atom. The van der Waals surface area contributed by atoms with Crippen LogP contribution in [0.5, 0.6) is 23.0 Å². The first-order valence-electron chi connectivity index (χ1n) is 11.3. The van der Waals surface area contributed by atoms with E-state index in [4.69, 9.17) is 23.7 Å². The molecule has 0 bridgehead atoms. The van der Waals surface area contributed by atoms with E-state index in [9.17, 15) is 9.59 Å². The van der Waals surface area contributed by atoms with Gasteiger partial charge in [-0.3, -0.25) is 9.36 Å². The van der Waals surface area contributed by atoms with E-state index in [-0.39, 0.29) is 19.0 Å². The van der Waals surface area contributed by atoms with E-state index < -0.39 is 12.0 Å². The number of thiazole rings is 1. The SMILES string of the molecule is CCOC(=O)C1=C(C)N=c2s/c(=C\c3c(OC)cccc3OC)c(=O)n2C1c1ccc2c(c1)OCO2. The fourth-order valence-corrected chi connectivity index (χ4v) is 5.37. The molecule has 186 valence electrons. The molecule has 3 aromatic rings. The lowest BCUT2D eigenvalue weighted by Gasteiger charge is -2.24. The molecule has 3 heterocycles. The molecule has 0 radical (unpaired) electrons. The van der Waals surface area contributed by atoms with Gasteiger partial charge in [0.2, 0.25) is 6.79 Å². The first kappa shape index (κ1) is 23.7. The van der Waals surface area contributed by atoms with Crippen molar-refractivity contribution in [1.29, 1.82) is 0 Å². The lowest BCUT2D eigenvalue weighted by Crippen LogP contribution is -2.39. The number of hydrogen-bond donors (Lipinski definition) is 0. The van der Waals surface area contributed by atoms with Crippen LogP contribution in [0.4, 0.5) is 0 Å². The smallest absolute Gasteiger partial charge is 0.338 e. The summed E-state index contributed by atoms with van der Waals surface area (Å²) in [6.07, 6.45) is 1.72. The van der Waals surface area contributed by atoms with Crippen molar-refractivity contribution in [1.82, 2.24) is 4.57 Å². The molecule has 36 heavy (non-hydrogen) atoms. The number of benzene rings is 2. The Bertz CT molecular complexity index is 1550. The normalized spacial score (nSPS) is 16.4. The van der Waals surface area contributed by atoms with Crippen molar-refractivity contribution in [2.75, 3.05) is 27.6 Å². The quantitative estimate of drug-likeness (QED) is 0.472. The standard InChI is InChI=1S/C26H24N2O7S/c1-5-33-25(30)22-14(2)27-26-28(23(22)15-9-10-19-20(11-15)35-13-34-19)24(29)21(36-26)12-16-17(31-3)7-6-8-18(16)32-4/h6-12,23H,5,13H2,1-4H3/b21-12-. The van der Waals surface area contributed by atoms with Crippen LogP contribution in [0.3, 0.4) is 0 Å². The minimum atomic E-state index is -0.753. The Morgan fingerprint density at radius 3 is 2.58 bits per heavy atom. The van der Waals surface area contributed by atoms with Crippen molar-refractivity contribution in [2.24, 2.45) is 4.99 Å². The molecule has 9 nitrogen and oxygen atoms in total. The number of carbonyl (C=O) groups excluding carboxylic acids is 1. The van der Waals surface area contributed by atoms with E-state index in [2.05, 4.69) is 4.99 Å². The van der Waals surface area contributed by atoms with Crippen molar-refractivity contribution >= 4 is 23.4 Å². The Balaban J connectivity index is 1.75. The number of aromatic nitrogens is 1. The van der Waals surface area contributed by atoms with Crippen molar-refractivity contribution in [3.05, 3.63) is 78.5 Å². The fourth-order valence-electron chi connectivity index (χ4n) is 4.34. The molecule has 10 heteroatoms. The highest BCUT2D eigenvalue weighted by Crippen LogP contribution is 2.38. The Kier molecular flexibility index (Phi) is 6.27. The minimum absolute atomic E-state index is 0.113. The summed E-state index contributed by atoms with van der Waals surface area (Å²) in [6, 6.07) is 10.0. The number of nitrogens with zero attached hydrogens (tertiary/aromatic N) is 2. The summed E-state index contributed by atoms with van der Waals surface area (Å²) < 4.78 is 29.3. The zero-order valence-electron chi connectivity index (χ0n) is 20.2. The zero-order valence-corrected chi connectivity index (χ0v) is 21.0. The second kappa shape index (κ2) is 9.54. The van der Waals surface area contributed by atoms with Crippen LogP contribution >= 0.6 is 11.3 Å². The summed E-state index contributed by atoms with van der Waals surface area (Å²) >= 11 is 1.22. The zero-order chi connectivity index (χ0) is 25.4. The van der Waals surface area contributed by atoms with Crippen LogP contribution in [0.1, 0.15) is 31.0 Å². The van der Waals surface area contributed by atoms with Gasteiger partial charge < -0.3 is 23.7 Å². The number of esters is 1. The summed E-state index contributed by atoms with van der Waals surface area (Å²) in [5.41, 5.74) is 1.79. The number of fused-ring (bicyclic) bond motifs is 2. The van der Waals surface area contributed by atoms with E-state index in [1.54, 1.807) is 58.4 Å². The lowest BCUT2D eigenvalue weighted by atomic mass is 9.95. The summed E-state index contributed by atoms with van der Waals surface area (Å²) in [7, 11) is 3.12. The highest BCUT2D eigenvalue weighted by atomic mass is 32.1. The molecule has 0 N–H and O–H groups in total. The van der Waals surface area contributed by atoms with Crippen molar-refractivity contribution < 1.29 is 28.5 Å². The van der Waals surface area contributed by atoms with Gasteiger partial charge in [0, 0.05) is 0 Å². The molecule has 1 aromatic heterocycles. The topological polar surface area (TPSA) is 97.6 Å². The predicted octanol–water partition coefficient (Wildman–Crippen LogP) is 2.54. The van der Waals surface area contributed by atoms with Gasteiger partial charge in [-0.25, -0.2) is 9.79 Å². The minimum Gasteiger partial charge on any atom is -0.496 e. The van der Waals surface area contributed by atoms with Crippen molar-refractivity contribution in [2.45, 2.75) is 19.9 Å². The summed E-state index contributed by atoms with van der Waals surface area (Å²) in [4.78, 5) is 32.0. The molecule has 5 rings (SSSR count). The number of hydrogen-bond acceptors (Lipinski definition) is 9. The molecule has 1 atom stereocenters. The number of rotatable bonds is 6. The first-order chi connectivity index (χ1) is 17.5. The molecule has 0 amide bonds. The highest BCUT2D eigenvalue weighted by molar-refractivity contribution is 7.07. The Morgan fingerprint density at radius 2 is 1.89 bits per heavy atom. The molecule has 0 aliphatic carbocycles. The van der Waals surface area contributed by atoms with Crippen LogP contribution in [-0.4, -0.2) is 38.2 Å². The maximum absolute atomic E-state index is 13.8. The summed E-state index contributed by atoms with van der Waals surface area (Å²) in [5, 5.41) is 0. The van der Waals surface area contributed by atoms with E-state index >= 15 is 0 Å². The van der Waals surface area contributed by atoms with Crippen LogP contribution < -0.4 is 33.8 Å². The van der Waals surface area contributed by atoms with Gasteiger partial charge in [-0.15, -0.1) is 0 Å². The Labute approximate surface area is 210 Å². The van der Waals surface area contributed by atoms with Gasteiger partial charge in [0.05, 0.1) is 48.2 Å². The third-order valence-electron chi connectivity index (χ3n) is 5.97. The number of allylic oxidation sites excluding steroid dienone is 1. The van der Waals surface area contributed by atoms with E-state index in [1.165, 1.54) is 15.9 Å².